The Morgan fingerprint density at radius 2 is 1.85 bits per heavy atom. The molecular weight excluding hydrogens is 371 g/mol. The number of carbonyl (C=O) groups is 3. The predicted molar refractivity (Wildman–Crippen MR) is 88.4 cm³/mol. The van der Waals surface area contributed by atoms with Gasteiger partial charge in [-0.2, -0.15) is 0 Å². The molecular formula is C17H14F3NO4S. The van der Waals surface area contributed by atoms with E-state index < -0.39 is 41.1 Å². The summed E-state index contributed by atoms with van der Waals surface area (Å²) in [5.74, 6) is -6.61. The maximum Gasteiger partial charge on any atom is 0.307 e. The number of nitrogens with one attached hydrogen (secondary N) is 1. The summed E-state index contributed by atoms with van der Waals surface area (Å²) in [5.41, 5.74) is -0.579. The molecule has 0 unspecified atom stereocenters. The van der Waals surface area contributed by atoms with Gasteiger partial charge in [-0.1, -0.05) is 6.07 Å². The molecule has 1 aromatic heterocycles. The van der Waals surface area contributed by atoms with Crippen molar-refractivity contribution in [2.45, 2.75) is 25.9 Å². The van der Waals surface area contributed by atoms with Gasteiger partial charge in [0.05, 0.1) is 17.0 Å². The molecule has 2 aromatic rings. The number of halogens is 3. The number of hydrogen-bond donors (Lipinski definition) is 1. The van der Waals surface area contributed by atoms with Crippen molar-refractivity contribution < 1.29 is 32.3 Å². The van der Waals surface area contributed by atoms with E-state index in [0.29, 0.717) is 10.9 Å². The van der Waals surface area contributed by atoms with Crippen molar-refractivity contribution in [3.05, 3.63) is 52.0 Å². The molecule has 0 spiro atoms. The van der Waals surface area contributed by atoms with Gasteiger partial charge in [0.1, 0.15) is 0 Å². The van der Waals surface area contributed by atoms with Crippen LogP contribution in [0, 0.1) is 17.5 Å². The van der Waals surface area contributed by atoms with Gasteiger partial charge in [0.25, 0.3) is 5.91 Å². The number of ether oxygens (including phenoxy) is 1. The summed E-state index contributed by atoms with van der Waals surface area (Å²) in [6, 6.07) is 4.84. The topological polar surface area (TPSA) is 72.5 Å². The lowest BCUT2D eigenvalue weighted by Gasteiger charge is -2.14. The molecule has 0 bridgehead atoms. The number of benzene rings is 1. The highest BCUT2D eigenvalue weighted by Gasteiger charge is 2.21. The molecule has 138 valence electrons. The third-order valence-electron chi connectivity index (χ3n) is 3.32. The van der Waals surface area contributed by atoms with E-state index in [2.05, 4.69) is 0 Å². The Morgan fingerprint density at radius 1 is 1.12 bits per heavy atom. The second-order valence-corrected chi connectivity index (χ2v) is 6.19. The molecule has 0 aliphatic carbocycles. The molecule has 0 saturated carbocycles. The second-order valence-electron chi connectivity index (χ2n) is 5.24. The summed E-state index contributed by atoms with van der Waals surface area (Å²) in [6.45, 7) is 1.23. The molecule has 1 N–H and O–H groups in total. The van der Waals surface area contributed by atoms with Crippen molar-refractivity contribution >= 4 is 34.7 Å². The molecule has 1 amide bonds. The summed E-state index contributed by atoms with van der Waals surface area (Å²) in [4.78, 5) is 35.9. The van der Waals surface area contributed by atoms with E-state index in [4.69, 9.17) is 4.74 Å². The van der Waals surface area contributed by atoms with Crippen LogP contribution >= 0.6 is 11.3 Å². The van der Waals surface area contributed by atoms with Gasteiger partial charge in [0.15, 0.2) is 29.3 Å². The fourth-order valence-electron chi connectivity index (χ4n) is 1.94. The van der Waals surface area contributed by atoms with E-state index in [-0.39, 0.29) is 18.6 Å². The Balaban J connectivity index is 1.85. The van der Waals surface area contributed by atoms with E-state index in [9.17, 15) is 27.6 Å². The Kier molecular flexibility index (Phi) is 6.51. The molecule has 9 heteroatoms. The van der Waals surface area contributed by atoms with Crippen LogP contribution < -0.4 is 5.32 Å². The molecule has 2 rings (SSSR count). The first-order valence-corrected chi connectivity index (χ1v) is 8.38. The van der Waals surface area contributed by atoms with Crippen molar-refractivity contribution in [2.24, 2.45) is 0 Å². The molecule has 5 nitrogen and oxygen atoms in total. The van der Waals surface area contributed by atoms with Gasteiger partial charge in [-0.15, -0.1) is 11.3 Å². The normalized spacial score (nSPS) is 11.7. The van der Waals surface area contributed by atoms with Crippen LogP contribution in [0.25, 0.3) is 0 Å². The summed E-state index contributed by atoms with van der Waals surface area (Å²) in [5, 5.41) is 3.74. The van der Waals surface area contributed by atoms with E-state index in [0.717, 1.165) is 6.07 Å². The molecule has 0 aliphatic heterocycles. The molecule has 0 fully saturated rings. The largest absolute Gasteiger partial charge is 0.453 e. The van der Waals surface area contributed by atoms with Crippen molar-refractivity contribution in [3.63, 3.8) is 0 Å². The quantitative estimate of drug-likeness (QED) is 0.448. The Bertz CT molecular complexity index is 824. The van der Waals surface area contributed by atoms with E-state index in [1.807, 2.05) is 5.32 Å². The Hall–Kier alpha value is -2.68. The zero-order chi connectivity index (χ0) is 19.3. The van der Waals surface area contributed by atoms with Crippen molar-refractivity contribution in [2.75, 3.05) is 5.32 Å². The molecule has 26 heavy (non-hydrogen) atoms. The fourth-order valence-corrected chi connectivity index (χ4v) is 2.64. The van der Waals surface area contributed by atoms with Crippen molar-refractivity contribution in [3.8, 4) is 0 Å². The van der Waals surface area contributed by atoms with Gasteiger partial charge in [0, 0.05) is 6.42 Å². The Morgan fingerprint density at radius 3 is 2.50 bits per heavy atom. The molecule has 0 saturated heterocycles. The number of rotatable bonds is 7. The monoisotopic (exact) mass is 385 g/mol. The first kappa shape index (κ1) is 19.6. The predicted octanol–water partition coefficient (Wildman–Crippen LogP) is 3.70. The summed E-state index contributed by atoms with van der Waals surface area (Å²) in [6.07, 6.45) is -1.62. The number of esters is 1. The minimum absolute atomic E-state index is 0.0779. The minimum atomic E-state index is -1.72. The van der Waals surface area contributed by atoms with E-state index in [1.54, 1.807) is 17.5 Å². The number of ketones is 1. The van der Waals surface area contributed by atoms with E-state index in [1.165, 1.54) is 18.3 Å². The summed E-state index contributed by atoms with van der Waals surface area (Å²) in [7, 11) is 0. The first-order chi connectivity index (χ1) is 12.3. The fraction of sp³-hybridized carbons (Fsp3) is 0.235. The van der Waals surface area contributed by atoms with Gasteiger partial charge >= 0.3 is 5.97 Å². The zero-order valence-electron chi connectivity index (χ0n) is 13.6. The van der Waals surface area contributed by atoms with Crippen LogP contribution in [0.5, 0.6) is 0 Å². The lowest BCUT2D eigenvalue weighted by Crippen LogP contribution is -2.30. The van der Waals surface area contributed by atoms with Crippen molar-refractivity contribution in [1.82, 2.24) is 0 Å². The minimum Gasteiger partial charge on any atom is -0.453 e. The van der Waals surface area contributed by atoms with Gasteiger partial charge in [-0.3, -0.25) is 14.4 Å². The van der Waals surface area contributed by atoms with Crippen LogP contribution in [0.1, 0.15) is 29.4 Å². The standard InChI is InChI=1S/C17H14F3NO4S/c1-9(17(24)21-11-5-4-10(18)15(19)16(11)20)25-14(23)7-6-12(22)13-3-2-8-26-13/h2-5,8-9H,6-7H2,1H3,(H,21,24)/t9-/m1/s1. The van der Waals surface area contributed by atoms with Crippen LogP contribution in [0.15, 0.2) is 29.6 Å². The number of Topliss-reactive ketones (excluding diaryl/α,β-unsaturated/α-hetero) is 1. The van der Waals surface area contributed by atoms with Crippen molar-refractivity contribution in [1.29, 1.82) is 0 Å². The zero-order valence-corrected chi connectivity index (χ0v) is 14.4. The number of hydrogen-bond acceptors (Lipinski definition) is 5. The molecule has 1 atom stereocenters. The summed E-state index contributed by atoms with van der Waals surface area (Å²) < 4.78 is 44.4. The molecule has 0 aliphatic rings. The lowest BCUT2D eigenvalue weighted by atomic mass is 10.2. The van der Waals surface area contributed by atoms with E-state index >= 15 is 0 Å². The number of carbonyl (C=O) groups excluding carboxylic acids is 3. The third kappa shape index (κ3) is 4.92. The molecule has 1 aromatic carbocycles. The van der Waals surface area contributed by atoms with Gasteiger partial charge in [-0.25, -0.2) is 13.2 Å². The first-order valence-electron chi connectivity index (χ1n) is 7.50. The van der Waals surface area contributed by atoms with Crippen LogP contribution in [0.2, 0.25) is 0 Å². The average Bonchev–Trinajstić information content (AvgIpc) is 3.14. The van der Waals surface area contributed by atoms with Gasteiger partial charge < -0.3 is 10.1 Å². The summed E-state index contributed by atoms with van der Waals surface area (Å²) >= 11 is 1.25. The highest BCUT2D eigenvalue weighted by atomic mass is 32.1. The van der Waals surface area contributed by atoms with Crippen LogP contribution in [-0.2, 0) is 14.3 Å². The highest BCUT2D eigenvalue weighted by molar-refractivity contribution is 7.12. The van der Waals surface area contributed by atoms with Gasteiger partial charge in [0.2, 0.25) is 0 Å². The maximum absolute atomic E-state index is 13.5. The number of thiophene rings is 1. The lowest BCUT2D eigenvalue weighted by molar-refractivity contribution is -0.153. The Labute approximate surface area is 150 Å². The van der Waals surface area contributed by atoms with Crippen LogP contribution in [0.4, 0.5) is 18.9 Å². The average molecular weight is 385 g/mol. The van der Waals surface area contributed by atoms with Crippen LogP contribution in [0.3, 0.4) is 0 Å². The SMILES string of the molecule is C[C@@H](OC(=O)CCC(=O)c1cccs1)C(=O)Nc1ccc(F)c(F)c1F. The smallest absolute Gasteiger partial charge is 0.307 e. The maximum atomic E-state index is 13.5. The molecule has 0 radical (unpaired) electrons. The molecule has 1 heterocycles. The van der Waals surface area contributed by atoms with Crippen LogP contribution in [-0.4, -0.2) is 23.8 Å². The highest BCUT2D eigenvalue weighted by Crippen LogP contribution is 2.20. The second kappa shape index (κ2) is 8.61. The van der Waals surface area contributed by atoms with Gasteiger partial charge in [-0.05, 0) is 30.5 Å². The number of anilines is 1. The number of amides is 1. The third-order valence-corrected chi connectivity index (χ3v) is 4.23.